The van der Waals surface area contributed by atoms with Gasteiger partial charge in [0.15, 0.2) is 0 Å². The number of aliphatic hydroxyl groups excluding tert-OH is 1. The van der Waals surface area contributed by atoms with Gasteiger partial charge in [-0.2, -0.15) is 0 Å². The summed E-state index contributed by atoms with van der Waals surface area (Å²) in [7, 11) is 0. The van der Waals surface area contributed by atoms with E-state index in [2.05, 4.69) is 48.1 Å². The molecule has 0 aliphatic heterocycles. The van der Waals surface area contributed by atoms with Crippen molar-refractivity contribution in [1.29, 1.82) is 0 Å². The molecule has 2 N–H and O–H groups in total. The summed E-state index contributed by atoms with van der Waals surface area (Å²) in [6, 6.07) is 0. The number of rotatable bonds is 5. The topological polar surface area (TPSA) is 40.5 Å². The highest BCUT2D eigenvalue weighted by Gasteiger charge is 2.67. The number of hydrogen-bond donors (Lipinski definition) is 2. The van der Waals surface area contributed by atoms with Gasteiger partial charge in [0.05, 0.1) is 11.7 Å². The van der Waals surface area contributed by atoms with Gasteiger partial charge in [-0.3, -0.25) is 0 Å². The lowest BCUT2D eigenvalue weighted by Crippen LogP contribution is -2.65. The van der Waals surface area contributed by atoms with Crippen molar-refractivity contribution in [3.05, 3.63) is 12.2 Å². The minimum atomic E-state index is -0.490. The molecule has 0 radical (unpaired) electrons. The average Bonchev–Trinajstić information content (AvgIpc) is 3.07. The molecule has 2 nitrogen and oxygen atoms in total. The van der Waals surface area contributed by atoms with Crippen LogP contribution in [0.2, 0.25) is 0 Å². The number of fused-ring (bicyclic) bond motifs is 5. The number of aliphatic hydroxyl groups is 2. The highest BCUT2D eigenvalue weighted by Crippen LogP contribution is 2.70. The summed E-state index contributed by atoms with van der Waals surface area (Å²) in [5.74, 6) is 3.86. The van der Waals surface area contributed by atoms with Gasteiger partial charge < -0.3 is 10.2 Å². The van der Waals surface area contributed by atoms with Crippen molar-refractivity contribution in [3.8, 4) is 0 Å². The Hall–Kier alpha value is -0.340. The molecule has 4 aliphatic rings. The number of allylic oxidation sites excluding steroid dienone is 1. The first-order chi connectivity index (χ1) is 14.4. The minimum absolute atomic E-state index is 0.143. The zero-order chi connectivity index (χ0) is 22.8. The second-order valence-corrected chi connectivity index (χ2v) is 13.3. The van der Waals surface area contributed by atoms with Crippen molar-refractivity contribution in [2.24, 2.45) is 52.3 Å². The molecule has 178 valence electrons. The Morgan fingerprint density at radius 1 is 0.935 bits per heavy atom. The molecule has 4 rings (SSSR count). The molecule has 0 amide bonds. The molecule has 2 heteroatoms. The summed E-state index contributed by atoms with van der Waals surface area (Å²) in [6.07, 6.45) is 11.3. The zero-order valence-electron chi connectivity index (χ0n) is 21.3. The lowest BCUT2D eigenvalue weighted by atomic mass is 9.41. The van der Waals surface area contributed by atoms with Crippen molar-refractivity contribution in [2.45, 2.75) is 117 Å². The monoisotopic (exact) mass is 430 g/mol. The van der Waals surface area contributed by atoms with Crippen molar-refractivity contribution in [1.82, 2.24) is 0 Å². The van der Waals surface area contributed by atoms with Crippen molar-refractivity contribution >= 4 is 0 Å². The summed E-state index contributed by atoms with van der Waals surface area (Å²) in [5, 5.41) is 22.9. The minimum Gasteiger partial charge on any atom is -0.393 e. The van der Waals surface area contributed by atoms with Gasteiger partial charge in [-0.05, 0) is 116 Å². The van der Waals surface area contributed by atoms with E-state index >= 15 is 0 Å². The van der Waals surface area contributed by atoms with Gasteiger partial charge in [-0.25, -0.2) is 0 Å². The summed E-state index contributed by atoms with van der Waals surface area (Å²) in [6.45, 7) is 18.6. The zero-order valence-corrected chi connectivity index (χ0v) is 21.3. The molecule has 0 aromatic carbocycles. The fraction of sp³-hybridized carbons (Fsp3) is 0.931. The molecule has 0 saturated heterocycles. The summed E-state index contributed by atoms with van der Waals surface area (Å²) in [4.78, 5) is 0. The SMILES string of the molecule is C=C(CC[C@@H](C)[C@H]1CC[C@@H]2[C@]1(C)CC[C@@H]1[C@@]3(C)CC[C@H](O)[C@@H](C)[C@@H]3CC[C@@]21O)C(C)C. The summed E-state index contributed by atoms with van der Waals surface area (Å²) in [5.41, 5.74) is 1.39. The molecular formula is C29H50O2. The van der Waals surface area contributed by atoms with Gasteiger partial charge in [-0.1, -0.05) is 53.7 Å². The van der Waals surface area contributed by atoms with E-state index in [0.29, 0.717) is 35.5 Å². The van der Waals surface area contributed by atoms with Crippen LogP contribution in [0.1, 0.15) is 106 Å². The fourth-order valence-corrected chi connectivity index (χ4v) is 9.67. The number of hydrogen-bond acceptors (Lipinski definition) is 2. The molecule has 4 aliphatic carbocycles. The average molecular weight is 431 g/mol. The van der Waals surface area contributed by atoms with Crippen LogP contribution in [-0.2, 0) is 0 Å². The molecule has 0 aromatic rings. The Morgan fingerprint density at radius 2 is 1.58 bits per heavy atom. The molecule has 4 fully saturated rings. The maximum absolute atomic E-state index is 12.4. The first kappa shape index (κ1) is 23.8. The largest absolute Gasteiger partial charge is 0.393 e. The van der Waals surface area contributed by atoms with Crippen LogP contribution in [0.3, 0.4) is 0 Å². The van der Waals surface area contributed by atoms with Crippen LogP contribution in [0.4, 0.5) is 0 Å². The molecule has 10 atom stereocenters. The van der Waals surface area contributed by atoms with Crippen LogP contribution < -0.4 is 0 Å². The van der Waals surface area contributed by atoms with E-state index in [1.807, 2.05) is 0 Å². The lowest BCUT2D eigenvalue weighted by molar-refractivity contribution is -0.235. The Bertz CT molecular complexity index is 684. The van der Waals surface area contributed by atoms with E-state index in [1.165, 1.54) is 37.7 Å². The predicted octanol–water partition coefficient (Wildman–Crippen LogP) is 7.00. The Kier molecular flexibility index (Phi) is 6.26. The predicted molar refractivity (Wildman–Crippen MR) is 130 cm³/mol. The van der Waals surface area contributed by atoms with Gasteiger partial charge in [0.2, 0.25) is 0 Å². The second kappa shape index (κ2) is 8.15. The Morgan fingerprint density at radius 3 is 2.26 bits per heavy atom. The van der Waals surface area contributed by atoms with Crippen LogP contribution in [0.5, 0.6) is 0 Å². The first-order valence-corrected chi connectivity index (χ1v) is 13.5. The van der Waals surface area contributed by atoms with Crippen molar-refractivity contribution in [2.75, 3.05) is 0 Å². The van der Waals surface area contributed by atoms with Crippen LogP contribution in [0, 0.1) is 52.3 Å². The third-order valence-corrected chi connectivity index (χ3v) is 11.7. The van der Waals surface area contributed by atoms with E-state index in [-0.39, 0.29) is 16.9 Å². The molecular weight excluding hydrogens is 380 g/mol. The van der Waals surface area contributed by atoms with E-state index in [4.69, 9.17) is 0 Å². The lowest BCUT2D eigenvalue weighted by Gasteiger charge is -2.65. The Balaban J connectivity index is 1.54. The van der Waals surface area contributed by atoms with Crippen molar-refractivity contribution < 1.29 is 10.2 Å². The second-order valence-electron chi connectivity index (χ2n) is 13.3. The van der Waals surface area contributed by atoms with Crippen LogP contribution in [-0.4, -0.2) is 21.9 Å². The Labute approximate surface area is 192 Å². The summed E-state index contributed by atoms with van der Waals surface area (Å²) >= 11 is 0. The molecule has 0 bridgehead atoms. The van der Waals surface area contributed by atoms with Crippen LogP contribution >= 0.6 is 0 Å². The van der Waals surface area contributed by atoms with E-state index < -0.39 is 5.60 Å². The standard InChI is InChI=1S/C29H50O2/c1-18(2)19(3)8-9-20(4)22-10-11-25-27(22,6)16-14-26-28(7)15-13-24(30)21(5)23(28)12-17-29(25,26)31/h18,20-26,30-31H,3,8-17H2,1-2,4-7H3/t20-,21+,22-,23+,24+,25-,26-,27-,28+,29-/m1/s1. The van der Waals surface area contributed by atoms with Gasteiger partial charge in [0.1, 0.15) is 0 Å². The third-order valence-electron chi connectivity index (χ3n) is 11.7. The normalized spacial score (nSPS) is 50.5. The van der Waals surface area contributed by atoms with Gasteiger partial charge in [0.25, 0.3) is 0 Å². The molecule has 0 aromatic heterocycles. The highest BCUT2D eigenvalue weighted by atomic mass is 16.3. The van der Waals surface area contributed by atoms with Gasteiger partial charge in [-0.15, -0.1) is 0 Å². The molecule has 0 spiro atoms. The molecule has 31 heavy (non-hydrogen) atoms. The van der Waals surface area contributed by atoms with E-state index in [9.17, 15) is 10.2 Å². The quantitative estimate of drug-likeness (QED) is 0.461. The van der Waals surface area contributed by atoms with Crippen LogP contribution in [0.25, 0.3) is 0 Å². The third kappa shape index (κ3) is 3.58. The summed E-state index contributed by atoms with van der Waals surface area (Å²) < 4.78 is 0. The fourth-order valence-electron chi connectivity index (χ4n) is 9.67. The van der Waals surface area contributed by atoms with Crippen LogP contribution in [0.15, 0.2) is 12.2 Å². The van der Waals surface area contributed by atoms with E-state index in [1.54, 1.807) is 0 Å². The highest BCUT2D eigenvalue weighted by molar-refractivity contribution is 5.17. The first-order valence-electron chi connectivity index (χ1n) is 13.5. The molecule has 4 saturated carbocycles. The van der Waals surface area contributed by atoms with Gasteiger partial charge >= 0.3 is 0 Å². The smallest absolute Gasteiger partial charge is 0.0714 e. The maximum atomic E-state index is 12.4. The molecule has 0 heterocycles. The molecule has 0 unspecified atom stereocenters. The van der Waals surface area contributed by atoms with Gasteiger partial charge in [0, 0.05) is 0 Å². The van der Waals surface area contributed by atoms with Crippen molar-refractivity contribution in [3.63, 3.8) is 0 Å². The van der Waals surface area contributed by atoms with E-state index in [0.717, 1.165) is 38.0 Å². The maximum Gasteiger partial charge on any atom is 0.0714 e.